The molecule has 0 aliphatic heterocycles. The van der Waals surface area contributed by atoms with E-state index in [0.29, 0.717) is 21.2 Å². The summed E-state index contributed by atoms with van der Waals surface area (Å²) in [5, 5.41) is 6.00. The monoisotopic (exact) mass is 445 g/mol. The largest absolute Gasteiger partial charge is 0.311 e. The molecule has 4 rings (SSSR count). The predicted octanol–water partition coefficient (Wildman–Crippen LogP) is 4.52. The summed E-state index contributed by atoms with van der Waals surface area (Å²) < 4.78 is 30.2. The second-order valence-electron chi connectivity index (χ2n) is 7.32. The zero-order valence-electron chi connectivity index (χ0n) is 17.3. The van der Waals surface area contributed by atoms with Gasteiger partial charge in [-0.15, -0.1) is 0 Å². The maximum absolute atomic E-state index is 15.1. The molecule has 0 aliphatic carbocycles. The molecule has 4 aromatic rings. The third kappa shape index (κ3) is 3.86. The topological polar surface area (TPSA) is 46.2 Å². The molecular weight excluding hydrogens is 420 g/mol. The molecule has 0 spiro atoms. The molecule has 0 atom stereocenters. The Balaban J connectivity index is 2.05. The molecule has 0 radical (unpaired) electrons. The molecule has 1 N–H and O–H groups in total. The summed E-state index contributed by atoms with van der Waals surface area (Å²) in [6.45, 7) is 0. The predicted molar refractivity (Wildman–Crippen MR) is 132 cm³/mol. The fourth-order valence-electron chi connectivity index (χ4n) is 4.05. The van der Waals surface area contributed by atoms with Gasteiger partial charge in [0.15, 0.2) is 14.3 Å². The molecule has 0 aliphatic rings. The summed E-state index contributed by atoms with van der Waals surface area (Å²) in [6, 6.07) is 37.7. The van der Waals surface area contributed by atoms with Crippen LogP contribution >= 0.6 is 14.3 Å². The van der Waals surface area contributed by atoms with Crippen LogP contribution in [0.1, 0.15) is 0 Å². The minimum absolute atomic E-state index is 0.688. The first-order valence-corrected chi connectivity index (χ1v) is 13.8. The van der Waals surface area contributed by atoms with Gasteiger partial charge in [0, 0.05) is 21.2 Å². The molecule has 0 fully saturated rings. The summed E-state index contributed by atoms with van der Waals surface area (Å²) in [7, 11) is -4.97. The number of rotatable bonds is 7. The lowest BCUT2D eigenvalue weighted by molar-refractivity contribution is 0.567. The van der Waals surface area contributed by atoms with Gasteiger partial charge < -0.3 is 14.4 Å². The van der Waals surface area contributed by atoms with E-state index < -0.39 is 19.8 Å². The van der Waals surface area contributed by atoms with Crippen molar-refractivity contribution in [2.45, 2.75) is 5.52 Å². The highest BCUT2D eigenvalue weighted by Crippen LogP contribution is 2.64. The van der Waals surface area contributed by atoms with Gasteiger partial charge in [-0.05, 0) is 7.05 Å². The van der Waals surface area contributed by atoms with Crippen molar-refractivity contribution in [2.24, 2.45) is 0 Å². The van der Waals surface area contributed by atoms with Crippen LogP contribution in [0.5, 0.6) is 0 Å². The normalized spacial score (nSPS) is 12.1. The summed E-state index contributed by atoms with van der Waals surface area (Å²) in [5.74, 6) is 0. The zero-order valence-corrected chi connectivity index (χ0v) is 19.1. The van der Waals surface area contributed by atoms with Gasteiger partial charge in [0.25, 0.3) is 0 Å². The third-order valence-corrected chi connectivity index (χ3v) is 13.6. The lowest BCUT2D eigenvalue weighted by Crippen LogP contribution is -2.40. The minimum Gasteiger partial charge on any atom is -0.311 e. The highest BCUT2D eigenvalue weighted by Gasteiger charge is 2.48. The molecule has 0 unspecified atom stereocenters. The van der Waals surface area contributed by atoms with Crippen molar-refractivity contribution in [2.75, 3.05) is 7.05 Å². The van der Waals surface area contributed by atoms with Gasteiger partial charge in [-0.2, -0.15) is 0 Å². The van der Waals surface area contributed by atoms with Gasteiger partial charge in [0.2, 0.25) is 0 Å². The summed E-state index contributed by atoms with van der Waals surface area (Å²) in [5.41, 5.74) is -0.797. The van der Waals surface area contributed by atoms with Crippen LogP contribution in [0, 0.1) is 0 Å². The fraction of sp³-hybridized carbons (Fsp3) is 0.0769. The molecule has 0 heterocycles. The quantitative estimate of drug-likeness (QED) is 0.426. The Hall–Kier alpha value is -2.70. The second kappa shape index (κ2) is 9.20. The molecule has 5 heteroatoms. The third-order valence-electron chi connectivity index (χ3n) is 5.51. The van der Waals surface area contributed by atoms with E-state index in [1.54, 1.807) is 7.05 Å². The zero-order chi connectivity index (χ0) is 21.7. The van der Waals surface area contributed by atoms with Crippen molar-refractivity contribution in [1.82, 2.24) is 5.32 Å². The molecule has 156 valence electrons. The molecule has 0 aromatic heterocycles. The van der Waals surface area contributed by atoms with Gasteiger partial charge in [0.1, 0.15) is 5.52 Å². The van der Waals surface area contributed by atoms with E-state index in [1.807, 2.05) is 121 Å². The van der Waals surface area contributed by atoms with Crippen LogP contribution in [0.3, 0.4) is 0 Å². The number of benzene rings is 4. The highest BCUT2D eigenvalue weighted by atomic mass is 31.2. The molecule has 3 nitrogen and oxygen atoms in total. The molecule has 31 heavy (non-hydrogen) atoms. The highest BCUT2D eigenvalue weighted by molar-refractivity contribution is 7.95. The Bertz CT molecular complexity index is 1030. The molecule has 0 bridgehead atoms. The number of hydrogen-bond acceptors (Lipinski definition) is 3. The molecule has 0 saturated heterocycles. The Morgan fingerprint density at radius 3 is 0.903 bits per heavy atom. The maximum atomic E-state index is 15.1. The van der Waals surface area contributed by atoms with Gasteiger partial charge in [-0.3, -0.25) is 0 Å². The molecule has 0 amide bonds. The van der Waals surface area contributed by atoms with E-state index in [-0.39, 0.29) is 0 Å². The Morgan fingerprint density at radius 2 is 0.710 bits per heavy atom. The van der Waals surface area contributed by atoms with Crippen molar-refractivity contribution in [3.63, 3.8) is 0 Å². The average Bonchev–Trinajstić information content (AvgIpc) is 2.86. The van der Waals surface area contributed by atoms with Crippen molar-refractivity contribution in [3.05, 3.63) is 121 Å². The van der Waals surface area contributed by atoms with Gasteiger partial charge in [0.05, 0.1) is 0 Å². The van der Waals surface area contributed by atoms with Gasteiger partial charge >= 0.3 is 0 Å². The lowest BCUT2D eigenvalue weighted by atomic mass is 10.4. The second-order valence-corrected chi connectivity index (χ2v) is 13.5. The van der Waals surface area contributed by atoms with Crippen molar-refractivity contribution in [3.8, 4) is 0 Å². The van der Waals surface area contributed by atoms with E-state index in [2.05, 4.69) is 5.32 Å². The summed E-state index contributed by atoms with van der Waals surface area (Å²) in [4.78, 5) is 0. The van der Waals surface area contributed by atoms with Crippen molar-refractivity contribution < 1.29 is 9.13 Å². The fourth-order valence-corrected chi connectivity index (χ4v) is 12.4. The average molecular weight is 445 g/mol. The van der Waals surface area contributed by atoms with Gasteiger partial charge in [-0.25, -0.2) is 0 Å². The van der Waals surface area contributed by atoms with Crippen LogP contribution in [0.2, 0.25) is 0 Å². The first-order chi connectivity index (χ1) is 15.1. The van der Waals surface area contributed by atoms with E-state index in [1.165, 1.54) is 0 Å². The van der Waals surface area contributed by atoms with Crippen molar-refractivity contribution in [1.29, 1.82) is 0 Å². The van der Waals surface area contributed by atoms with E-state index >= 15 is 9.13 Å². The number of nitrogens with one attached hydrogen (secondary N) is 1. The Kier molecular flexibility index (Phi) is 6.39. The van der Waals surface area contributed by atoms with Crippen LogP contribution in [0.15, 0.2) is 121 Å². The summed E-state index contributed by atoms with van der Waals surface area (Å²) in [6.07, 6.45) is 0. The van der Waals surface area contributed by atoms with Crippen LogP contribution in [0.25, 0.3) is 0 Å². The first-order valence-electron chi connectivity index (χ1n) is 10.2. The standard InChI is InChI=1S/C26H25NO2P2/c1-27-26(30(28,22-14-6-2-7-15-22)23-16-8-3-9-17-23)31(29,24-18-10-4-11-19-24)25-20-12-5-13-21-25/h2-21,26-27H,1H3. The van der Waals surface area contributed by atoms with Gasteiger partial charge in [-0.1, -0.05) is 121 Å². The SMILES string of the molecule is CNC(P(=O)(c1ccccc1)c1ccccc1)P(=O)(c1ccccc1)c1ccccc1. The Labute approximate surface area is 183 Å². The maximum Gasteiger partial charge on any atom is 0.167 e. The lowest BCUT2D eigenvalue weighted by Gasteiger charge is -2.35. The molecule has 0 saturated carbocycles. The number of hydrogen-bond donors (Lipinski definition) is 1. The van der Waals surface area contributed by atoms with Crippen molar-refractivity contribution >= 4 is 35.5 Å². The van der Waals surface area contributed by atoms with Crippen LogP contribution in [0.4, 0.5) is 0 Å². The van der Waals surface area contributed by atoms with E-state index in [9.17, 15) is 0 Å². The molecular formula is C26H25NO2P2. The van der Waals surface area contributed by atoms with Crippen LogP contribution < -0.4 is 26.5 Å². The smallest absolute Gasteiger partial charge is 0.167 e. The van der Waals surface area contributed by atoms with Crippen LogP contribution in [-0.2, 0) is 9.13 Å². The van der Waals surface area contributed by atoms with E-state index in [4.69, 9.17) is 0 Å². The summed E-state index contributed by atoms with van der Waals surface area (Å²) >= 11 is 0. The van der Waals surface area contributed by atoms with Crippen LogP contribution in [-0.4, -0.2) is 12.6 Å². The minimum atomic E-state index is -3.36. The van der Waals surface area contributed by atoms with E-state index in [0.717, 1.165) is 0 Å². The first kappa shape index (κ1) is 21.5. The Morgan fingerprint density at radius 1 is 0.484 bits per heavy atom. The molecule has 4 aromatic carbocycles.